The van der Waals surface area contributed by atoms with Gasteiger partial charge in [-0.05, 0) is 59.2 Å². The second-order valence-electron chi connectivity index (χ2n) is 10.3. The van der Waals surface area contributed by atoms with E-state index in [0.717, 1.165) is 16.6 Å². The van der Waals surface area contributed by atoms with Crippen molar-refractivity contribution in [2.45, 2.75) is 59.2 Å². The molecule has 0 radical (unpaired) electrons. The van der Waals surface area contributed by atoms with Gasteiger partial charge in [-0.15, -0.1) is 0 Å². The van der Waals surface area contributed by atoms with Crippen molar-refractivity contribution in [3.05, 3.63) is 47.3 Å². The Labute approximate surface area is 199 Å². The molecule has 9 nitrogen and oxygen atoms in total. The number of anilines is 2. The van der Waals surface area contributed by atoms with Crippen molar-refractivity contribution in [1.29, 1.82) is 0 Å². The summed E-state index contributed by atoms with van der Waals surface area (Å²) in [5, 5.41) is 0. The van der Waals surface area contributed by atoms with Crippen LogP contribution in [0.2, 0.25) is 0 Å². The second kappa shape index (κ2) is 8.96. The lowest BCUT2D eigenvalue weighted by molar-refractivity contribution is 0.00691. The molecule has 1 aromatic carbocycles. The molecular weight excluding hydrogens is 434 g/mol. The molecule has 0 bridgehead atoms. The minimum absolute atomic E-state index is 0.268. The number of aromatic nitrogens is 3. The lowest BCUT2D eigenvalue weighted by Gasteiger charge is -2.24. The highest BCUT2D eigenvalue weighted by molar-refractivity contribution is 5.99. The molecule has 1 amide bonds. The summed E-state index contributed by atoms with van der Waals surface area (Å²) in [6, 6.07) is 7.23. The Hall–Kier alpha value is -3.62. The van der Waals surface area contributed by atoms with Crippen LogP contribution < -0.4 is 10.6 Å². The molecule has 0 aliphatic rings. The maximum atomic E-state index is 12.6. The van der Waals surface area contributed by atoms with Crippen LogP contribution in [-0.2, 0) is 22.9 Å². The van der Waals surface area contributed by atoms with E-state index in [4.69, 9.17) is 15.2 Å². The molecule has 0 atom stereocenters. The number of esters is 1. The smallest absolute Gasteiger partial charge is 0.415 e. The van der Waals surface area contributed by atoms with Gasteiger partial charge in [0.25, 0.3) is 0 Å². The van der Waals surface area contributed by atoms with Crippen molar-refractivity contribution in [1.82, 2.24) is 14.5 Å². The maximum Gasteiger partial charge on any atom is 0.415 e. The van der Waals surface area contributed by atoms with Crippen LogP contribution in [-0.4, -0.2) is 44.8 Å². The van der Waals surface area contributed by atoms with E-state index in [1.807, 2.05) is 44.5 Å². The van der Waals surface area contributed by atoms with Crippen molar-refractivity contribution in [2.24, 2.45) is 7.05 Å². The number of benzene rings is 1. The monoisotopic (exact) mass is 467 g/mol. The van der Waals surface area contributed by atoms with Crippen LogP contribution in [0.4, 0.5) is 16.4 Å². The number of pyridine rings is 1. The Morgan fingerprint density at radius 1 is 1.09 bits per heavy atom. The summed E-state index contributed by atoms with van der Waals surface area (Å²) >= 11 is 0. The molecule has 3 rings (SSSR count). The maximum absolute atomic E-state index is 12.6. The lowest BCUT2D eigenvalue weighted by Crippen LogP contribution is -2.35. The molecule has 182 valence electrons. The summed E-state index contributed by atoms with van der Waals surface area (Å²) in [5.74, 6) is 0.193. The number of fused-ring (bicyclic) bond motifs is 1. The van der Waals surface area contributed by atoms with Gasteiger partial charge in [-0.2, -0.15) is 0 Å². The average Bonchev–Trinajstić information content (AvgIpc) is 3.08. The van der Waals surface area contributed by atoms with Crippen molar-refractivity contribution >= 4 is 34.7 Å². The first-order valence-electron chi connectivity index (χ1n) is 11.0. The number of rotatable bonds is 4. The van der Waals surface area contributed by atoms with Crippen LogP contribution in [0.3, 0.4) is 0 Å². The van der Waals surface area contributed by atoms with Crippen LogP contribution in [0, 0.1) is 0 Å². The number of hydrogen-bond donors (Lipinski definition) is 1. The summed E-state index contributed by atoms with van der Waals surface area (Å²) < 4.78 is 12.8. The van der Waals surface area contributed by atoms with Crippen molar-refractivity contribution in [3.63, 3.8) is 0 Å². The minimum atomic E-state index is -0.654. The Kier molecular flexibility index (Phi) is 6.59. The summed E-state index contributed by atoms with van der Waals surface area (Å²) in [5.41, 5.74) is 8.51. The average molecular weight is 468 g/mol. The molecule has 0 unspecified atom stereocenters. The molecule has 2 aromatic heterocycles. The number of nitrogens with two attached hydrogens (primary N) is 1. The highest BCUT2D eigenvalue weighted by atomic mass is 16.6. The first kappa shape index (κ1) is 25.0. The zero-order valence-corrected chi connectivity index (χ0v) is 21.1. The van der Waals surface area contributed by atoms with Gasteiger partial charge < -0.3 is 19.8 Å². The third-order valence-corrected chi connectivity index (χ3v) is 4.90. The Morgan fingerprint density at radius 2 is 1.74 bits per heavy atom. The fourth-order valence-corrected chi connectivity index (χ4v) is 3.48. The van der Waals surface area contributed by atoms with E-state index in [0.29, 0.717) is 23.3 Å². The van der Waals surface area contributed by atoms with Gasteiger partial charge >= 0.3 is 12.1 Å². The molecule has 2 heterocycles. The zero-order chi connectivity index (χ0) is 25.4. The molecular formula is C25H33N5O4. The Balaban J connectivity index is 2.00. The SMILES string of the molecule is CN(C(=O)OC(C)(C)C)c1nc(N)c(Cc2cccc(C(=O)OC(C)(C)C)c2)c2c1ncn2C. The molecule has 3 aromatic rings. The first-order chi connectivity index (χ1) is 15.7. The van der Waals surface area contributed by atoms with Crippen LogP contribution in [0.15, 0.2) is 30.6 Å². The van der Waals surface area contributed by atoms with Crippen molar-refractivity contribution in [2.75, 3.05) is 17.7 Å². The fourth-order valence-electron chi connectivity index (χ4n) is 3.48. The van der Waals surface area contributed by atoms with Gasteiger partial charge in [0.15, 0.2) is 5.82 Å². The predicted molar refractivity (Wildman–Crippen MR) is 132 cm³/mol. The number of imidazole rings is 1. The van der Waals surface area contributed by atoms with E-state index in [9.17, 15) is 9.59 Å². The number of amides is 1. The third-order valence-electron chi connectivity index (χ3n) is 4.90. The van der Waals surface area contributed by atoms with Gasteiger partial charge in [0.1, 0.15) is 22.5 Å². The molecule has 0 aliphatic carbocycles. The van der Waals surface area contributed by atoms with Crippen LogP contribution >= 0.6 is 0 Å². The normalized spacial score (nSPS) is 12.0. The van der Waals surface area contributed by atoms with Gasteiger partial charge in [0.05, 0.1) is 17.4 Å². The predicted octanol–water partition coefficient (Wildman–Crippen LogP) is 4.47. The highest BCUT2D eigenvalue weighted by Gasteiger charge is 2.26. The van der Waals surface area contributed by atoms with E-state index in [-0.39, 0.29) is 11.8 Å². The minimum Gasteiger partial charge on any atom is -0.456 e. The molecule has 2 N–H and O–H groups in total. The molecule has 0 saturated carbocycles. The summed E-state index contributed by atoms with van der Waals surface area (Å²) in [7, 11) is 3.43. The lowest BCUT2D eigenvalue weighted by atomic mass is 10.0. The first-order valence-corrected chi connectivity index (χ1v) is 11.0. The third kappa shape index (κ3) is 5.65. The van der Waals surface area contributed by atoms with Gasteiger partial charge in [-0.3, -0.25) is 4.90 Å². The zero-order valence-electron chi connectivity index (χ0n) is 21.1. The van der Waals surface area contributed by atoms with E-state index < -0.39 is 17.3 Å². The number of ether oxygens (including phenoxy) is 2. The molecule has 0 saturated heterocycles. The largest absolute Gasteiger partial charge is 0.456 e. The molecule has 0 aliphatic heterocycles. The van der Waals surface area contributed by atoms with E-state index >= 15 is 0 Å². The Morgan fingerprint density at radius 3 is 2.35 bits per heavy atom. The van der Waals surface area contributed by atoms with Crippen LogP contribution in [0.25, 0.3) is 11.0 Å². The number of carbonyl (C=O) groups is 2. The number of aryl methyl sites for hydroxylation is 1. The summed E-state index contributed by atoms with van der Waals surface area (Å²) in [4.78, 5) is 35.4. The molecule has 9 heteroatoms. The van der Waals surface area contributed by atoms with Crippen LogP contribution in [0.5, 0.6) is 0 Å². The van der Waals surface area contributed by atoms with Gasteiger partial charge in [-0.25, -0.2) is 19.6 Å². The van der Waals surface area contributed by atoms with Gasteiger partial charge in [0, 0.05) is 26.1 Å². The number of hydrogen-bond acceptors (Lipinski definition) is 7. The molecule has 0 spiro atoms. The standard InChI is InChI=1S/C25H33N5O4/c1-24(2,3)33-22(31)16-11-9-10-15(12-16)13-17-19-18(27-14-29(19)7)21(28-20(17)26)30(8)23(32)34-25(4,5)6/h9-12,14H,13H2,1-8H3,(H2,26,28). The molecule has 34 heavy (non-hydrogen) atoms. The topological polar surface area (TPSA) is 113 Å². The number of nitrogens with zero attached hydrogens (tertiary/aromatic N) is 4. The summed E-state index contributed by atoms with van der Waals surface area (Å²) in [6.45, 7) is 10.9. The van der Waals surface area contributed by atoms with E-state index in [1.165, 1.54) is 4.90 Å². The molecule has 0 fully saturated rings. The van der Waals surface area contributed by atoms with Gasteiger partial charge in [0.2, 0.25) is 0 Å². The van der Waals surface area contributed by atoms with Crippen LogP contribution in [0.1, 0.15) is 63.0 Å². The highest BCUT2D eigenvalue weighted by Crippen LogP contribution is 2.32. The second-order valence-corrected chi connectivity index (χ2v) is 10.3. The van der Waals surface area contributed by atoms with Crippen molar-refractivity contribution < 1.29 is 19.1 Å². The van der Waals surface area contributed by atoms with E-state index in [1.54, 1.807) is 46.3 Å². The van der Waals surface area contributed by atoms with Crippen molar-refractivity contribution in [3.8, 4) is 0 Å². The fraction of sp³-hybridized carbons (Fsp3) is 0.440. The van der Waals surface area contributed by atoms with E-state index in [2.05, 4.69) is 9.97 Å². The summed E-state index contributed by atoms with van der Waals surface area (Å²) in [6.07, 6.45) is 1.52. The van der Waals surface area contributed by atoms with Gasteiger partial charge in [-0.1, -0.05) is 12.1 Å². The quantitative estimate of drug-likeness (QED) is 0.563. The Bertz CT molecular complexity index is 1230. The number of nitrogen functional groups attached to an aromatic ring is 1. The number of carbonyl (C=O) groups excluding carboxylic acids is 2.